The quantitative estimate of drug-likeness (QED) is 0.408. The Bertz CT molecular complexity index is 802. The number of hydrogen-bond acceptors (Lipinski definition) is 5. The predicted molar refractivity (Wildman–Crippen MR) is 102 cm³/mol. The van der Waals surface area contributed by atoms with E-state index in [0.29, 0.717) is 22.7 Å². The van der Waals surface area contributed by atoms with E-state index in [4.69, 9.17) is 26.8 Å². The topological polar surface area (TPSA) is 139 Å². The second kappa shape index (κ2) is 8.27. The van der Waals surface area contributed by atoms with Crippen molar-refractivity contribution in [3.05, 3.63) is 59.9 Å². The first-order valence-corrected chi connectivity index (χ1v) is 6.77. The van der Waals surface area contributed by atoms with Gasteiger partial charge in [-0.25, -0.2) is 0 Å². The fourth-order valence-electron chi connectivity index (χ4n) is 2.07. The highest BCUT2D eigenvalue weighted by molar-refractivity contribution is 5.95. The van der Waals surface area contributed by atoms with Crippen molar-refractivity contribution in [3.63, 3.8) is 0 Å². The van der Waals surface area contributed by atoms with Gasteiger partial charge in [0.1, 0.15) is 23.1 Å². The predicted octanol–water partition coefficient (Wildman–Crippen LogP) is 2.82. The molecule has 3 aromatic rings. The zero-order valence-electron chi connectivity index (χ0n) is 12.9. The Morgan fingerprint density at radius 3 is 2.04 bits per heavy atom. The third kappa shape index (κ3) is 4.34. The van der Waals surface area contributed by atoms with Crippen LogP contribution in [0.15, 0.2) is 53.2 Å². The number of pyridine rings is 1. The number of nitrogens with two attached hydrogens (primary N) is 2. The standard InChI is InChI=1S/C16H14N6O.2ClH/c17-15(18)10-3-1-9(2-4-10)14-7-13(22-23-14)11-5-6-12(16(19)20)21-8-11;;/h1-8H,(H3,17,18)(H3,19,20);2*1H. The first kappa shape index (κ1) is 20.1. The molecule has 0 atom stereocenters. The number of aromatic nitrogens is 2. The molecule has 3 rings (SSSR count). The zero-order chi connectivity index (χ0) is 16.4. The Morgan fingerprint density at radius 1 is 0.880 bits per heavy atom. The van der Waals surface area contributed by atoms with E-state index in [1.165, 1.54) is 0 Å². The summed E-state index contributed by atoms with van der Waals surface area (Å²) in [6.07, 6.45) is 1.59. The summed E-state index contributed by atoms with van der Waals surface area (Å²) in [6.45, 7) is 0. The number of nitrogens with one attached hydrogen (secondary N) is 2. The molecule has 9 heteroatoms. The third-order valence-corrected chi connectivity index (χ3v) is 3.33. The van der Waals surface area contributed by atoms with Crippen molar-refractivity contribution in [3.8, 4) is 22.6 Å². The van der Waals surface area contributed by atoms with Crippen molar-refractivity contribution in [1.29, 1.82) is 10.8 Å². The Hall–Kier alpha value is -2.90. The fraction of sp³-hybridized carbons (Fsp3) is 0. The summed E-state index contributed by atoms with van der Waals surface area (Å²) in [7, 11) is 0. The minimum Gasteiger partial charge on any atom is -0.384 e. The lowest BCUT2D eigenvalue weighted by molar-refractivity contribution is 0.435. The maximum atomic E-state index is 7.39. The van der Waals surface area contributed by atoms with Gasteiger partial charge in [-0.2, -0.15) is 0 Å². The lowest BCUT2D eigenvalue weighted by Gasteiger charge is -1.99. The van der Waals surface area contributed by atoms with Crippen LogP contribution in [-0.4, -0.2) is 21.8 Å². The van der Waals surface area contributed by atoms with Crippen molar-refractivity contribution >= 4 is 36.5 Å². The summed E-state index contributed by atoms with van der Waals surface area (Å²) in [5.74, 6) is 0.542. The van der Waals surface area contributed by atoms with Gasteiger partial charge in [0.2, 0.25) is 0 Å². The van der Waals surface area contributed by atoms with E-state index in [9.17, 15) is 0 Å². The maximum Gasteiger partial charge on any atom is 0.167 e. The van der Waals surface area contributed by atoms with Crippen LogP contribution in [0, 0.1) is 10.8 Å². The van der Waals surface area contributed by atoms with E-state index in [1.807, 2.05) is 12.1 Å². The first-order chi connectivity index (χ1) is 11.0. The number of nitrogens with zero attached hydrogens (tertiary/aromatic N) is 2. The largest absolute Gasteiger partial charge is 0.384 e. The molecule has 0 saturated carbocycles. The minimum atomic E-state index is -0.0806. The molecule has 0 fully saturated rings. The van der Waals surface area contributed by atoms with Crippen LogP contribution in [0.3, 0.4) is 0 Å². The highest BCUT2D eigenvalue weighted by Crippen LogP contribution is 2.25. The van der Waals surface area contributed by atoms with Crippen LogP contribution in [0.5, 0.6) is 0 Å². The van der Waals surface area contributed by atoms with Crippen molar-refractivity contribution in [1.82, 2.24) is 10.1 Å². The summed E-state index contributed by atoms with van der Waals surface area (Å²) in [5, 5.41) is 18.7. The normalized spacial score (nSPS) is 9.60. The number of halogens is 2. The lowest BCUT2D eigenvalue weighted by Crippen LogP contribution is -2.12. The Morgan fingerprint density at radius 2 is 1.52 bits per heavy atom. The van der Waals surface area contributed by atoms with E-state index < -0.39 is 0 Å². The SMILES string of the molecule is Cl.Cl.N=C(N)c1ccc(-c2cc(-c3ccc(C(=N)N)nc3)no2)cc1. The first-order valence-electron chi connectivity index (χ1n) is 6.77. The molecule has 6 N–H and O–H groups in total. The zero-order valence-corrected chi connectivity index (χ0v) is 14.5. The van der Waals surface area contributed by atoms with E-state index >= 15 is 0 Å². The number of amidine groups is 2. The molecule has 2 heterocycles. The van der Waals surface area contributed by atoms with E-state index in [-0.39, 0.29) is 36.5 Å². The smallest absolute Gasteiger partial charge is 0.167 e. The van der Waals surface area contributed by atoms with Gasteiger partial charge in [0.05, 0.1) is 0 Å². The Labute approximate surface area is 156 Å². The molecule has 1 aromatic carbocycles. The molecule has 0 aliphatic heterocycles. The summed E-state index contributed by atoms with van der Waals surface area (Å²) >= 11 is 0. The second-order valence-corrected chi connectivity index (χ2v) is 4.91. The van der Waals surface area contributed by atoms with Crippen molar-refractivity contribution < 1.29 is 4.52 Å². The molecule has 2 aromatic heterocycles. The fourth-order valence-corrected chi connectivity index (χ4v) is 2.07. The average molecular weight is 379 g/mol. The number of nitrogen functional groups attached to an aromatic ring is 2. The molecule has 0 unspecified atom stereocenters. The number of hydrogen-bond donors (Lipinski definition) is 4. The minimum absolute atomic E-state index is 0. The molecule has 25 heavy (non-hydrogen) atoms. The van der Waals surface area contributed by atoms with E-state index in [0.717, 1.165) is 11.1 Å². The Kier molecular flexibility index (Phi) is 6.67. The van der Waals surface area contributed by atoms with Gasteiger partial charge in [-0.1, -0.05) is 29.4 Å². The van der Waals surface area contributed by atoms with Crippen molar-refractivity contribution in [2.24, 2.45) is 11.5 Å². The molecule has 7 nitrogen and oxygen atoms in total. The second-order valence-electron chi connectivity index (χ2n) is 4.91. The van der Waals surface area contributed by atoms with Crippen LogP contribution < -0.4 is 11.5 Å². The molecular weight excluding hydrogens is 363 g/mol. The molecule has 130 valence electrons. The van der Waals surface area contributed by atoms with Crippen LogP contribution in [0.1, 0.15) is 11.3 Å². The number of benzene rings is 1. The molecule has 0 amide bonds. The van der Waals surface area contributed by atoms with E-state index in [1.54, 1.807) is 36.5 Å². The van der Waals surface area contributed by atoms with Crippen LogP contribution in [-0.2, 0) is 0 Å². The third-order valence-electron chi connectivity index (χ3n) is 3.33. The van der Waals surface area contributed by atoms with Crippen LogP contribution in [0.4, 0.5) is 0 Å². The monoisotopic (exact) mass is 378 g/mol. The van der Waals surface area contributed by atoms with Crippen molar-refractivity contribution in [2.45, 2.75) is 0 Å². The summed E-state index contributed by atoms with van der Waals surface area (Å²) < 4.78 is 5.35. The van der Waals surface area contributed by atoms with Gasteiger partial charge in [0.15, 0.2) is 5.76 Å². The van der Waals surface area contributed by atoms with Gasteiger partial charge >= 0.3 is 0 Å². The molecule has 0 spiro atoms. The highest BCUT2D eigenvalue weighted by atomic mass is 35.5. The van der Waals surface area contributed by atoms with Gasteiger partial charge in [-0.15, -0.1) is 24.8 Å². The van der Waals surface area contributed by atoms with Gasteiger partial charge in [-0.05, 0) is 12.1 Å². The molecule has 0 radical (unpaired) electrons. The molecule has 0 aliphatic rings. The van der Waals surface area contributed by atoms with Gasteiger partial charge in [-0.3, -0.25) is 15.8 Å². The highest BCUT2D eigenvalue weighted by Gasteiger charge is 2.10. The number of rotatable bonds is 4. The van der Waals surface area contributed by atoms with Gasteiger partial charge in [0, 0.05) is 29.0 Å². The van der Waals surface area contributed by atoms with Gasteiger partial charge < -0.3 is 16.0 Å². The van der Waals surface area contributed by atoms with Crippen LogP contribution in [0.25, 0.3) is 22.6 Å². The molecule has 0 bridgehead atoms. The van der Waals surface area contributed by atoms with Crippen LogP contribution >= 0.6 is 24.8 Å². The van der Waals surface area contributed by atoms with Gasteiger partial charge in [0.25, 0.3) is 0 Å². The summed E-state index contributed by atoms with van der Waals surface area (Å²) in [6, 6.07) is 12.4. The lowest BCUT2D eigenvalue weighted by atomic mass is 10.1. The van der Waals surface area contributed by atoms with Crippen LogP contribution in [0.2, 0.25) is 0 Å². The molecule has 0 aliphatic carbocycles. The molecule has 0 saturated heterocycles. The van der Waals surface area contributed by atoms with Crippen molar-refractivity contribution in [2.75, 3.05) is 0 Å². The maximum absolute atomic E-state index is 7.39. The Balaban J connectivity index is 0.00000156. The summed E-state index contributed by atoms with van der Waals surface area (Å²) in [5.41, 5.74) is 14.1. The average Bonchev–Trinajstić information content (AvgIpc) is 3.05. The van der Waals surface area contributed by atoms with E-state index in [2.05, 4.69) is 10.1 Å². The summed E-state index contributed by atoms with van der Waals surface area (Å²) in [4.78, 5) is 4.10. The molecular formula is C16H16Cl2N6O.